The first kappa shape index (κ1) is 15.4. The van der Waals surface area contributed by atoms with Gasteiger partial charge in [-0.15, -0.1) is 0 Å². The van der Waals surface area contributed by atoms with Crippen LogP contribution in [0.3, 0.4) is 0 Å². The summed E-state index contributed by atoms with van der Waals surface area (Å²) in [4.78, 5) is 16.5. The van der Waals surface area contributed by atoms with E-state index in [2.05, 4.69) is 24.1 Å². The molecule has 0 aliphatic heterocycles. The molecule has 0 spiro atoms. The standard InChI is InChI=1S/C17H22N2O2/c1-4-21-17(20)16(19-9-12(2)3)15-11-18-10-13-7-5-6-8-14(13)15/h5-8,10-12,16,19H,4,9H2,1-3H3. The van der Waals surface area contributed by atoms with Crippen molar-refractivity contribution >= 4 is 16.7 Å². The minimum atomic E-state index is -0.481. The number of nitrogens with zero attached hydrogens (tertiary/aromatic N) is 1. The molecule has 112 valence electrons. The largest absolute Gasteiger partial charge is 0.465 e. The van der Waals surface area contributed by atoms with Crippen molar-refractivity contribution in [2.75, 3.05) is 13.2 Å². The molecular weight excluding hydrogens is 264 g/mol. The second kappa shape index (κ2) is 7.18. The minimum Gasteiger partial charge on any atom is -0.465 e. The molecule has 2 rings (SSSR count). The highest BCUT2D eigenvalue weighted by atomic mass is 16.5. The number of esters is 1. The summed E-state index contributed by atoms with van der Waals surface area (Å²) in [5, 5.41) is 5.35. The third-order valence-corrected chi connectivity index (χ3v) is 3.26. The van der Waals surface area contributed by atoms with Crippen molar-refractivity contribution in [1.82, 2.24) is 10.3 Å². The number of ether oxygens (including phenoxy) is 1. The van der Waals surface area contributed by atoms with E-state index >= 15 is 0 Å². The summed E-state index contributed by atoms with van der Waals surface area (Å²) in [7, 11) is 0. The van der Waals surface area contributed by atoms with Crippen LogP contribution in [0.25, 0.3) is 10.8 Å². The summed E-state index contributed by atoms with van der Waals surface area (Å²) in [6, 6.07) is 7.46. The fraction of sp³-hybridized carbons (Fsp3) is 0.412. The Balaban J connectivity index is 2.40. The van der Waals surface area contributed by atoms with Crippen molar-refractivity contribution in [3.05, 3.63) is 42.2 Å². The Bertz CT molecular complexity index is 605. The maximum absolute atomic E-state index is 12.3. The lowest BCUT2D eigenvalue weighted by Gasteiger charge is -2.20. The molecule has 21 heavy (non-hydrogen) atoms. The predicted octanol–water partition coefficient (Wildman–Crippen LogP) is 3.08. The van der Waals surface area contributed by atoms with Gasteiger partial charge in [-0.3, -0.25) is 4.98 Å². The molecule has 0 fully saturated rings. The summed E-state index contributed by atoms with van der Waals surface area (Å²) in [5.41, 5.74) is 0.868. The van der Waals surface area contributed by atoms with Gasteiger partial charge in [0.05, 0.1) is 6.61 Å². The van der Waals surface area contributed by atoms with Gasteiger partial charge in [-0.2, -0.15) is 0 Å². The number of hydrogen-bond donors (Lipinski definition) is 1. The molecule has 1 aromatic carbocycles. The van der Waals surface area contributed by atoms with Gasteiger partial charge in [-0.05, 0) is 24.8 Å². The zero-order valence-corrected chi connectivity index (χ0v) is 12.8. The molecule has 2 aromatic rings. The molecule has 0 amide bonds. The summed E-state index contributed by atoms with van der Waals surface area (Å²) < 4.78 is 5.21. The third-order valence-electron chi connectivity index (χ3n) is 3.26. The van der Waals surface area contributed by atoms with Crippen LogP contribution in [0.4, 0.5) is 0 Å². The summed E-state index contributed by atoms with van der Waals surface area (Å²) >= 11 is 0. The number of fused-ring (bicyclic) bond motifs is 1. The fourth-order valence-corrected chi connectivity index (χ4v) is 2.27. The average Bonchev–Trinajstić information content (AvgIpc) is 2.47. The van der Waals surface area contributed by atoms with Gasteiger partial charge in [0.15, 0.2) is 0 Å². The number of hydrogen-bond acceptors (Lipinski definition) is 4. The molecule has 0 saturated carbocycles. The molecule has 1 heterocycles. The summed E-state index contributed by atoms with van der Waals surface area (Å²) in [5.74, 6) is 0.196. The minimum absolute atomic E-state index is 0.253. The third kappa shape index (κ3) is 3.79. The van der Waals surface area contributed by atoms with Crippen LogP contribution in [0.1, 0.15) is 32.4 Å². The van der Waals surface area contributed by atoms with Gasteiger partial charge in [-0.1, -0.05) is 38.1 Å². The zero-order chi connectivity index (χ0) is 15.2. The lowest BCUT2D eigenvalue weighted by atomic mass is 10.0. The predicted molar refractivity (Wildman–Crippen MR) is 84.0 cm³/mol. The van der Waals surface area contributed by atoms with Gasteiger partial charge >= 0.3 is 5.97 Å². The molecule has 0 bridgehead atoms. The Morgan fingerprint density at radius 3 is 2.76 bits per heavy atom. The van der Waals surface area contributed by atoms with Crippen molar-refractivity contribution in [3.8, 4) is 0 Å². The lowest BCUT2D eigenvalue weighted by Crippen LogP contribution is -2.33. The van der Waals surface area contributed by atoms with Gasteiger partial charge < -0.3 is 10.1 Å². The van der Waals surface area contributed by atoms with Crippen molar-refractivity contribution in [1.29, 1.82) is 0 Å². The monoisotopic (exact) mass is 286 g/mol. The Kier molecular flexibility index (Phi) is 5.28. The SMILES string of the molecule is CCOC(=O)C(NCC(C)C)c1cncc2ccccc12. The number of benzene rings is 1. The lowest BCUT2D eigenvalue weighted by molar-refractivity contribution is -0.145. The van der Waals surface area contributed by atoms with Crippen LogP contribution in [-0.4, -0.2) is 24.1 Å². The quantitative estimate of drug-likeness (QED) is 0.829. The number of carbonyl (C=O) groups is 1. The number of pyridine rings is 1. The van der Waals surface area contributed by atoms with Gasteiger partial charge in [0.1, 0.15) is 6.04 Å². The van der Waals surface area contributed by atoms with Crippen molar-refractivity contribution < 1.29 is 9.53 Å². The van der Waals surface area contributed by atoms with Crippen LogP contribution in [0, 0.1) is 5.92 Å². The molecule has 4 heteroatoms. The van der Waals surface area contributed by atoms with E-state index < -0.39 is 6.04 Å². The highest BCUT2D eigenvalue weighted by Gasteiger charge is 2.23. The van der Waals surface area contributed by atoms with E-state index in [1.807, 2.05) is 37.4 Å². The Morgan fingerprint density at radius 2 is 2.05 bits per heavy atom. The van der Waals surface area contributed by atoms with Crippen molar-refractivity contribution in [3.63, 3.8) is 0 Å². The maximum Gasteiger partial charge on any atom is 0.327 e. The molecule has 1 N–H and O–H groups in total. The van der Waals surface area contributed by atoms with E-state index in [4.69, 9.17) is 4.74 Å². The molecular formula is C17H22N2O2. The van der Waals surface area contributed by atoms with Gasteiger partial charge in [0.25, 0.3) is 0 Å². The Labute approximate surface area is 125 Å². The molecule has 0 aliphatic carbocycles. The highest BCUT2D eigenvalue weighted by Crippen LogP contribution is 2.24. The zero-order valence-electron chi connectivity index (χ0n) is 12.8. The van der Waals surface area contributed by atoms with E-state index in [0.717, 1.165) is 22.9 Å². The topological polar surface area (TPSA) is 51.2 Å². The molecule has 0 saturated heterocycles. The molecule has 0 radical (unpaired) electrons. The smallest absolute Gasteiger partial charge is 0.327 e. The van der Waals surface area contributed by atoms with Crippen molar-refractivity contribution in [2.24, 2.45) is 5.92 Å². The number of rotatable bonds is 6. The van der Waals surface area contributed by atoms with E-state index in [1.54, 1.807) is 6.20 Å². The van der Waals surface area contributed by atoms with Crippen LogP contribution in [0.2, 0.25) is 0 Å². The van der Waals surface area contributed by atoms with Crippen LogP contribution in [-0.2, 0) is 9.53 Å². The molecule has 1 aromatic heterocycles. The van der Waals surface area contributed by atoms with Crippen LogP contribution < -0.4 is 5.32 Å². The molecule has 1 unspecified atom stereocenters. The first-order valence-corrected chi connectivity index (χ1v) is 7.36. The normalized spacial score (nSPS) is 12.6. The second-order valence-electron chi connectivity index (χ2n) is 5.44. The average molecular weight is 286 g/mol. The molecule has 4 nitrogen and oxygen atoms in total. The van der Waals surface area contributed by atoms with Crippen LogP contribution >= 0.6 is 0 Å². The number of carbonyl (C=O) groups excluding carboxylic acids is 1. The fourth-order valence-electron chi connectivity index (χ4n) is 2.27. The van der Waals surface area contributed by atoms with Gasteiger partial charge in [0, 0.05) is 23.3 Å². The van der Waals surface area contributed by atoms with Crippen LogP contribution in [0.15, 0.2) is 36.7 Å². The van der Waals surface area contributed by atoms with E-state index in [1.165, 1.54) is 0 Å². The highest BCUT2D eigenvalue weighted by molar-refractivity contribution is 5.90. The first-order valence-electron chi connectivity index (χ1n) is 7.36. The van der Waals surface area contributed by atoms with E-state index in [0.29, 0.717) is 12.5 Å². The summed E-state index contributed by atoms with van der Waals surface area (Å²) in [6.07, 6.45) is 3.56. The maximum atomic E-state index is 12.3. The van der Waals surface area contributed by atoms with E-state index in [-0.39, 0.29) is 5.97 Å². The summed E-state index contributed by atoms with van der Waals surface area (Å²) in [6.45, 7) is 7.15. The van der Waals surface area contributed by atoms with Gasteiger partial charge in [0.2, 0.25) is 0 Å². The van der Waals surface area contributed by atoms with Gasteiger partial charge in [-0.25, -0.2) is 4.79 Å². The molecule has 0 aliphatic rings. The molecule has 1 atom stereocenters. The van der Waals surface area contributed by atoms with Crippen molar-refractivity contribution in [2.45, 2.75) is 26.8 Å². The number of aromatic nitrogens is 1. The number of nitrogens with one attached hydrogen (secondary N) is 1. The Hall–Kier alpha value is -1.94. The first-order chi connectivity index (χ1) is 10.1. The van der Waals surface area contributed by atoms with E-state index in [9.17, 15) is 4.79 Å². The Morgan fingerprint density at radius 1 is 1.29 bits per heavy atom. The van der Waals surface area contributed by atoms with Crippen LogP contribution in [0.5, 0.6) is 0 Å². The second-order valence-corrected chi connectivity index (χ2v) is 5.44.